The zero-order chi connectivity index (χ0) is 19.2. The monoisotopic (exact) mass is 378 g/mol. The summed E-state index contributed by atoms with van der Waals surface area (Å²) < 4.78 is 39.2. The molecule has 0 heterocycles. The van der Waals surface area contributed by atoms with E-state index in [9.17, 15) is 17.6 Å². The van der Waals surface area contributed by atoms with Crippen LogP contribution in [0, 0.1) is 12.7 Å². The molecule has 140 valence electrons. The molecule has 1 amide bonds. The molecule has 26 heavy (non-hydrogen) atoms. The number of rotatable bonds is 8. The molecular formula is C19H23FN2O3S. The maximum Gasteiger partial charge on any atom is 0.242 e. The lowest BCUT2D eigenvalue weighted by Crippen LogP contribution is -2.36. The summed E-state index contributed by atoms with van der Waals surface area (Å²) in [5.41, 5.74) is 1.73. The number of benzene rings is 2. The Labute approximate surface area is 153 Å². The Morgan fingerprint density at radius 3 is 2.50 bits per heavy atom. The van der Waals surface area contributed by atoms with Crippen molar-refractivity contribution in [1.82, 2.24) is 9.62 Å². The van der Waals surface area contributed by atoms with Gasteiger partial charge < -0.3 is 5.32 Å². The zero-order valence-corrected chi connectivity index (χ0v) is 15.7. The zero-order valence-electron chi connectivity index (χ0n) is 14.9. The van der Waals surface area contributed by atoms with Crippen LogP contribution in [0.2, 0.25) is 0 Å². The maximum atomic E-state index is 13.1. The first kappa shape index (κ1) is 20.1. The molecule has 0 fully saturated rings. The minimum absolute atomic E-state index is 0.169. The van der Waals surface area contributed by atoms with Gasteiger partial charge in [-0.25, -0.2) is 12.8 Å². The third kappa shape index (κ3) is 5.64. The van der Waals surface area contributed by atoms with Crippen LogP contribution in [-0.4, -0.2) is 38.8 Å². The van der Waals surface area contributed by atoms with Gasteiger partial charge >= 0.3 is 0 Å². The van der Waals surface area contributed by atoms with Gasteiger partial charge in [-0.2, -0.15) is 4.31 Å². The lowest BCUT2D eigenvalue weighted by Gasteiger charge is -2.17. The lowest BCUT2D eigenvalue weighted by atomic mass is 10.1. The van der Waals surface area contributed by atoms with E-state index < -0.39 is 10.0 Å². The Hall–Kier alpha value is -2.25. The van der Waals surface area contributed by atoms with Crippen molar-refractivity contribution in [3.05, 3.63) is 65.5 Å². The molecule has 7 heteroatoms. The Morgan fingerprint density at radius 2 is 1.85 bits per heavy atom. The van der Waals surface area contributed by atoms with E-state index in [1.807, 2.05) is 6.92 Å². The largest absolute Gasteiger partial charge is 0.355 e. The van der Waals surface area contributed by atoms with E-state index in [0.717, 1.165) is 11.1 Å². The molecule has 0 spiro atoms. The molecule has 2 aromatic carbocycles. The quantitative estimate of drug-likeness (QED) is 0.768. The third-order valence-electron chi connectivity index (χ3n) is 4.01. The number of amides is 1. The predicted molar refractivity (Wildman–Crippen MR) is 98.7 cm³/mol. The van der Waals surface area contributed by atoms with Gasteiger partial charge in [0.1, 0.15) is 5.82 Å². The van der Waals surface area contributed by atoms with E-state index in [1.54, 1.807) is 36.4 Å². The van der Waals surface area contributed by atoms with Gasteiger partial charge in [-0.05, 0) is 43.2 Å². The number of carbonyl (C=O) groups is 1. The highest BCUT2D eigenvalue weighted by Gasteiger charge is 2.20. The summed E-state index contributed by atoms with van der Waals surface area (Å²) in [6, 6.07) is 12.7. The van der Waals surface area contributed by atoms with Gasteiger partial charge in [-0.1, -0.05) is 29.8 Å². The summed E-state index contributed by atoms with van der Waals surface area (Å²) in [7, 11) is -2.09. The second-order valence-electron chi connectivity index (χ2n) is 6.12. The number of nitrogens with zero attached hydrogens (tertiary/aromatic N) is 1. The summed E-state index contributed by atoms with van der Waals surface area (Å²) in [5, 5.41) is 2.69. The second-order valence-corrected chi connectivity index (χ2v) is 8.16. The minimum atomic E-state index is -3.57. The Kier molecular flexibility index (Phi) is 6.88. The molecule has 0 atom stereocenters. The van der Waals surface area contributed by atoms with Crippen LogP contribution in [0.5, 0.6) is 0 Å². The Balaban J connectivity index is 1.79. The number of hydrogen-bond acceptors (Lipinski definition) is 3. The fourth-order valence-corrected chi connectivity index (χ4v) is 3.57. The van der Waals surface area contributed by atoms with Crippen molar-refractivity contribution < 1.29 is 17.6 Å². The number of carbonyl (C=O) groups excluding carboxylic acids is 1. The lowest BCUT2D eigenvalue weighted by molar-refractivity contribution is -0.121. The van der Waals surface area contributed by atoms with E-state index in [2.05, 4.69) is 5.32 Å². The van der Waals surface area contributed by atoms with Gasteiger partial charge in [0.05, 0.1) is 4.90 Å². The molecule has 0 aliphatic heterocycles. The molecule has 0 saturated heterocycles. The van der Waals surface area contributed by atoms with Crippen molar-refractivity contribution >= 4 is 15.9 Å². The Bertz CT molecular complexity index is 851. The van der Waals surface area contributed by atoms with Crippen LogP contribution in [-0.2, 0) is 21.2 Å². The molecule has 5 nitrogen and oxygen atoms in total. The van der Waals surface area contributed by atoms with Crippen LogP contribution >= 0.6 is 0 Å². The average Bonchev–Trinajstić information content (AvgIpc) is 2.60. The van der Waals surface area contributed by atoms with E-state index in [0.29, 0.717) is 6.42 Å². The maximum absolute atomic E-state index is 13.1. The first-order valence-electron chi connectivity index (χ1n) is 8.33. The number of sulfonamides is 1. The number of likely N-dealkylation sites (N-methyl/N-ethyl adjacent to an activating group) is 1. The van der Waals surface area contributed by atoms with Crippen LogP contribution in [0.4, 0.5) is 4.39 Å². The topological polar surface area (TPSA) is 66.5 Å². The molecule has 0 bridgehead atoms. The number of halogens is 1. The van der Waals surface area contributed by atoms with Crippen molar-refractivity contribution in [2.75, 3.05) is 20.1 Å². The average molecular weight is 378 g/mol. The first-order chi connectivity index (χ1) is 12.3. The SMILES string of the molecule is Cc1ccc(S(=O)(=O)N(C)CCNC(=O)CCc2cccc(F)c2)cc1. The van der Waals surface area contributed by atoms with Crippen molar-refractivity contribution in [3.63, 3.8) is 0 Å². The van der Waals surface area contributed by atoms with Gasteiger partial charge in [-0.3, -0.25) is 4.79 Å². The second kappa shape index (κ2) is 8.91. The van der Waals surface area contributed by atoms with Crippen molar-refractivity contribution in [1.29, 1.82) is 0 Å². The van der Waals surface area contributed by atoms with Crippen LogP contribution in [0.1, 0.15) is 17.5 Å². The van der Waals surface area contributed by atoms with Gasteiger partial charge in [0, 0.05) is 26.6 Å². The van der Waals surface area contributed by atoms with E-state index >= 15 is 0 Å². The normalized spacial score (nSPS) is 11.5. The molecule has 0 radical (unpaired) electrons. The highest BCUT2D eigenvalue weighted by atomic mass is 32.2. The first-order valence-corrected chi connectivity index (χ1v) is 9.77. The number of aryl methyl sites for hydroxylation is 2. The highest BCUT2D eigenvalue weighted by Crippen LogP contribution is 2.14. The van der Waals surface area contributed by atoms with E-state index in [1.165, 1.54) is 23.5 Å². The standard InChI is InChI=1S/C19H23FN2O3S/c1-15-6-9-18(10-7-15)26(24,25)22(2)13-12-21-19(23)11-8-16-4-3-5-17(20)14-16/h3-7,9-10,14H,8,11-13H2,1-2H3,(H,21,23). The fraction of sp³-hybridized carbons (Fsp3) is 0.316. The number of nitrogens with one attached hydrogen (secondary N) is 1. The summed E-state index contributed by atoms with van der Waals surface area (Å²) in [4.78, 5) is 12.1. The van der Waals surface area contributed by atoms with Crippen LogP contribution in [0.25, 0.3) is 0 Å². The van der Waals surface area contributed by atoms with Crippen LogP contribution in [0.3, 0.4) is 0 Å². The summed E-state index contributed by atoms with van der Waals surface area (Å²) in [6.07, 6.45) is 0.652. The molecule has 2 aromatic rings. The summed E-state index contributed by atoms with van der Waals surface area (Å²) in [6.45, 7) is 2.27. The van der Waals surface area contributed by atoms with Gasteiger partial charge in [-0.15, -0.1) is 0 Å². The smallest absolute Gasteiger partial charge is 0.242 e. The molecule has 0 aliphatic carbocycles. The summed E-state index contributed by atoms with van der Waals surface area (Å²) >= 11 is 0. The highest BCUT2D eigenvalue weighted by molar-refractivity contribution is 7.89. The van der Waals surface area contributed by atoms with Gasteiger partial charge in [0.15, 0.2) is 0 Å². The molecule has 0 aromatic heterocycles. The molecular weight excluding hydrogens is 355 g/mol. The fourth-order valence-electron chi connectivity index (χ4n) is 2.40. The van der Waals surface area contributed by atoms with Gasteiger partial charge in [0.2, 0.25) is 15.9 Å². The van der Waals surface area contributed by atoms with Gasteiger partial charge in [0.25, 0.3) is 0 Å². The summed E-state index contributed by atoms with van der Waals surface area (Å²) in [5.74, 6) is -0.527. The molecule has 2 rings (SSSR count). The van der Waals surface area contributed by atoms with Crippen molar-refractivity contribution in [2.45, 2.75) is 24.7 Å². The molecule has 1 N–H and O–H groups in total. The third-order valence-corrected chi connectivity index (χ3v) is 5.88. The molecule has 0 aliphatic rings. The van der Waals surface area contributed by atoms with E-state index in [-0.39, 0.29) is 36.1 Å². The predicted octanol–water partition coefficient (Wildman–Crippen LogP) is 2.50. The Morgan fingerprint density at radius 1 is 1.15 bits per heavy atom. The molecule has 0 unspecified atom stereocenters. The number of hydrogen-bond donors (Lipinski definition) is 1. The van der Waals surface area contributed by atoms with E-state index in [4.69, 9.17) is 0 Å². The van der Waals surface area contributed by atoms with Crippen LogP contribution in [0.15, 0.2) is 53.4 Å². The van der Waals surface area contributed by atoms with Crippen molar-refractivity contribution in [3.8, 4) is 0 Å². The minimum Gasteiger partial charge on any atom is -0.355 e. The van der Waals surface area contributed by atoms with Crippen LogP contribution < -0.4 is 5.32 Å². The molecule has 0 saturated carbocycles. The van der Waals surface area contributed by atoms with Crippen molar-refractivity contribution in [2.24, 2.45) is 0 Å².